The fourth-order valence-corrected chi connectivity index (χ4v) is 4.03. The summed E-state index contributed by atoms with van der Waals surface area (Å²) in [6.45, 7) is 6.34. The van der Waals surface area contributed by atoms with Gasteiger partial charge in [0.2, 0.25) is 5.91 Å². The standard InChI is InChI=1S/C16H25N3O2S.2ClH/c1-12(13-3-2-4-17-10-13)9-15(20)19-6-7-21-14(11-19)16-18-5-8-22-16;;/h5,8,12-14,17H,2-4,6-7,9-11H2,1H3;2*1H. The second-order valence-electron chi connectivity index (χ2n) is 6.36. The number of carbonyl (C=O) groups excluding carboxylic acids is 1. The van der Waals surface area contributed by atoms with Crippen LogP contribution in [0.4, 0.5) is 0 Å². The van der Waals surface area contributed by atoms with E-state index in [9.17, 15) is 4.79 Å². The molecule has 8 heteroatoms. The Labute approximate surface area is 160 Å². The van der Waals surface area contributed by atoms with Crippen LogP contribution in [0, 0.1) is 11.8 Å². The molecule has 2 aliphatic rings. The number of rotatable bonds is 4. The summed E-state index contributed by atoms with van der Waals surface area (Å²) in [6.07, 6.45) is 4.86. The highest BCUT2D eigenvalue weighted by atomic mass is 35.5. The molecule has 138 valence electrons. The van der Waals surface area contributed by atoms with Gasteiger partial charge in [-0.15, -0.1) is 36.2 Å². The lowest BCUT2D eigenvalue weighted by Crippen LogP contribution is -2.43. The molecular formula is C16H27Cl2N3O2S. The minimum atomic E-state index is -0.0515. The number of morpholine rings is 1. The van der Waals surface area contributed by atoms with Gasteiger partial charge in [0, 0.05) is 24.5 Å². The highest BCUT2D eigenvalue weighted by molar-refractivity contribution is 7.09. The first-order valence-electron chi connectivity index (χ1n) is 8.23. The van der Waals surface area contributed by atoms with Gasteiger partial charge in [-0.2, -0.15) is 0 Å². The van der Waals surface area contributed by atoms with Crippen LogP contribution in [0.25, 0.3) is 0 Å². The first-order chi connectivity index (χ1) is 10.7. The minimum Gasteiger partial charge on any atom is -0.367 e. The predicted molar refractivity (Wildman–Crippen MR) is 101 cm³/mol. The number of amides is 1. The molecule has 3 rings (SSSR count). The van der Waals surface area contributed by atoms with Crippen molar-refractivity contribution in [3.63, 3.8) is 0 Å². The van der Waals surface area contributed by atoms with Crippen LogP contribution in [0.2, 0.25) is 0 Å². The van der Waals surface area contributed by atoms with Gasteiger partial charge in [-0.25, -0.2) is 4.98 Å². The molecule has 2 saturated heterocycles. The van der Waals surface area contributed by atoms with Crippen LogP contribution in [-0.4, -0.2) is 48.6 Å². The van der Waals surface area contributed by atoms with Gasteiger partial charge < -0.3 is 15.0 Å². The number of aromatic nitrogens is 1. The second kappa shape index (κ2) is 10.6. The van der Waals surface area contributed by atoms with Gasteiger partial charge in [0.15, 0.2) is 0 Å². The van der Waals surface area contributed by atoms with E-state index in [1.807, 2.05) is 10.3 Å². The van der Waals surface area contributed by atoms with Crippen LogP contribution >= 0.6 is 36.2 Å². The molecule has 1 aromatic heterocycles. The van der Waals surface area contributed by atoms with Crippen molar-refractivity contribution in [1.29, 1.82) is 0 Å². The Morgan fingerprint density at radius 1 is 1.54 bits per heavy atom. The highest BCUT2D eigenvalue weighted by Crippen LogP contribution is 2.27. The second-order valence-corrected chi connectivity index (χ2v) is 7.28. The van der Waals surface area contributed by atoms with Crippen molar-refractivity contribution in [2.75, 3.05) is 32.8 Å². The van der Waals surface area contributed by atoms with E-state index in [-0.39, 0.29) is 36.8 Å². The average molecular weight is 396 g/mol. The lowest BCUT2D eigenvalue weighted by atomic mass is 9.85. The zero-order valence-corrected chi connectivity index (χ0v) is 16.4. The summed E-state index contributed by atoms with van der Waals surface area (Å²) in [6, 6.07) is 0. The average Bonchev–Trinajstić information content (AvgIpc) is 3.10. The molecule has 3 unspecified atom stereocenters. The Bertz CT molecular complexity index is 484. The van der Waals surface area contributed by atoms with Crippen LogP contribution in [0.1, 0.15) is 37.3 Å². The normalized spacial score (nSPS) is 25.3. The van der Waals surface area contributed by atoms with E-state index in [4.69, 9.17) is 4.74 Å². The smallest absolute Gasteiger partial charge is 0.223 e. The summed E-state index contributed by atoms with van der Waals surface area (Å²) in [5, 5.41) is 6.37. The van der Waals surface area contributed by atoms with E-state index in [2.05, 4.69) is 17.2 Å². The Hall–Kier alpha value is -0.400. The van der Waals surface area contributed by atoms with E-state index in [0.29, 0.717) is 38.0 Å². The number of nitrogens with one attached hydrogen (secondary N) is 1. The Morgan fingerprint density at radius 3 is 3.04 bits per heavy atom. The lowest BCUT2D eigenvalue weighted by molar-refractivity contribution is -0.140. The molecule has 24 heavy (non-hydrogen) atoms. The first-order valence-corrected chi connectivity index (χ1v) is 9.11. The largest absolute Gasteiger partial charge is 0.367 e. The monoisotopic (exact) mass is 395 g/mol. The molecule has 0 saturated carbocycles. The minimum absolute atomic E-state index is 0. The molecular weight excluding hydrogens is 369 g/mol. The first kappa shape index (κ1) is 21.6. The van der Waals surface area contributed by atoms with Gasteiger partial charge in [0.25, 0.3) is 0 Å². The van der Waals surface area contributed by atoms with Crippen molar-refractivity contribution in [3.8, 4) is 0 Å². The van der Waals surface area contributed by atoms with E-state index in [1.54, 1.807) is 17.5 Å². The zero-order valence-electron chi connectivity index (χ0n) is 14.0. The van der Waals surface area contributed by atoms with Crippen molar-refractivity contribution < 1.29 is 9.53 Å². The van der Waals surface area contributed by atoms with Gasteiger partial charge in [0.1, 0.15) is 11.1 Å². The Balaban J connectivity index is 0.00000144. The molecule has 0 bridgehead atoms. The van der Waals surface area contributed by atoms with Crippen molar-refractivity contribution in [2.24, 2.45) is 11.8 Å². The zero-order chi connectivity index (χ0) is 15.4. The van der Waals surface area contributed by atoms with Gasteiger partial charge in [-0.1, -0.05) is 6.92 Å². The van der Waals surface area contributed by atoms with E-state index in [1.165, 1.54) is 12.8 Å². The fraction of sp³-hybridized carbons (Fsp3) is 0.750. The van der Waals surface area contributed by atoms with Crippen molar-refractivity contribution in [2.45, 2.75) is 32.3 Å². The molecule has 0 aliphatic carbocycles. The molecule has 2 aliphatic heterocycles. The Kier molecular flexibility index (Phi) is 9.52. The van der Waals surface area contributed by atoms with Crippen LogP contribution in [0.3, 0.4) is 0 Å². The van der Waals surface area contributed by atoms with E-state index >= 15 is 0 Å². The summed E-state index contributed by atoms with van der Waals surface area (Å²) in [5.74, 6) is 1.35. The maximum absolute atomic E-state index is 12.6. The predicted octanol–water partition coefficient (Wildman–Crippen LogP) is 2.91. The van der Waals surface area contributed by atoms with Crippen molar-refractivity contribution in [1.82, 2.24) is 15.2 Å². The number of carbonyl (C=O) groups is 1. The van der Waals surface area contributed by atoms with Gasteiger partial charge in [-0.3, -0.25) is 4.79 Å². The van der Waals surface area contributed by atoms with Crippen molar-refractivity contribution >= 4 is 42.1 Å². The third-order valence-corrected chi connectivity index (χ3v) is 5.65. The van der Waals surface area contributed by atoms with Gasteiger partial charge in [0.05, 0.1) is 13.2 Å². The Morgan fingerprint density at radius 2 is 2.38 bits per heavy atom. The number of thiazole rings is 1. The third kappa shape index (κ3) is 5.56. The molecule has 0 spiro atoms. The maximum Gasteiger partial charge on any atom is 0.223 e. The summed E-state index contributed by atoms with van der Waals surface area (Å²) >= 11 is 1.60. The lowest BCUT2D eigenvalue weighted by Gasteiger charge is -2.34. The van der Waals surface area contributed by atoms with Gasteiger partial charge >= 0.3 is 0 Å². The molecule has 2 fully saturated rings. The topological polar surface area (TPSA) is 54.5 Å². The number of hydrogen-bond acceptors (Lipinski definition) is 5. The molecule has 0 radical (unpaired) electrons. The summed E-state index contributed by atoms with van der Waals surface area (Å²) in [5.41, 5.74) is 0. The van der Waals surface area contributed by atoms with Crippen molar-refractivity contribution in [3.05, 3.63) is 16.6 Å². The molecule has 3 atom stereocenters. The molecule has 1 aromatic rings. The van der Waals surface area contributed by atoms with Crippen LogP contribution in [0.15, 0.2) is 11.6 Å². The number of nitrogens with zero attached hydrogens (tertiary/aromatic N) is 2. The van der Waals surface area contributed by atoms with Gasteiger partial charge in [-0.05, 0) is 37.8 Å². The number of ether oxygens (including phenoxy) is 1. The highest BCUT2D eigenvalue weighted by Gasteiger charge is 2.29. The molecule has 5 nitrogen and oxygen atoms in total. The molecule has 0 aromatic carbocycles. The molecule has 3 heterocycles. The number of piperidine rings is 1. The maximum atomic E-state index is 12.6. The number of hydrogen-bond donors (Lipinski definition) is 1. The quantitative estimate of drug-likeness (QED) is 0.851. The summed E-state index contributed by atoms with van der Waals surface area (Å²) < 4.78 is 5.77. The van der Waals surface area contributed by atoms with E-state index in [0.717, 1.165) is 18.1 Å². The van der Waals surface area contributed by atoms with E-state index < -0.39 is 0 Å². The summed E-state index contributed by atoms with van der Waals surface area (Å²) in [4.78, 5) is 18.9. The molecule has 1 N–H and O–H groups in total. The molecule has 1 amide bonds. The SMILES string of the molecule is CC(CC(=O)N1CCOC(c2nccs2)C1)C1CCCNC1.Cl.Cl. The third-order valence-electron chi connectivity index (χ3n) is 4.78. The fourth-order valence-electron chi connectivity index (χ4n) is 3.35. The van der Waals surface area contributed by atoms with Crippen LogP contribution in [0.5, 0.6) is 0 Å². The number of halogens is 2. The summed E-state index contributed by atoms with van der Waals surface area (Å²) in [7, 11) is 0. The van der Waals surface area contributed by atoms with Crippen LogP contribution < -0.4 is 5.32 Å². The van der Waals surface area contributed by atoms with Crippen LogP contribution in [-0.2, 0) is 9.53 Å².